The number of nitrogens with zero attached hydrogens (tertiary/aromatic N) is 3. The number of pyridine rings is 1. The Kier molecular flexibility index (Phi) is 5.09. The molecule has 4 aromatic rings. The van der Waals surface area contributed by atoms with Crippen LogP contribution in [0.2, 0.25) is 0 Å². The Morgan fingerprint density at radius 2 is 1.94 bits per heavy atom. The number of hydrogen-bond acceptors (Lipinski definition) is 5. The standard InChI is InChI=1S/C26H24N4O3/c1-15-11-16(2)25(31)20(12-15)22-21-23(29-28-22)26(32)30(14-17-5-4-10-27-13-17)24(21)18-6-8-19(33-3)9-7-18/h4-13,24,31H,14H2,1-3H3,(H,28,29). The molecule has 0 saturated heterocycles. The minimum Gasteiger partial charge on any atom is -0.507 e. The number of phenolic OH excluding ortho intramolecular Hbond substituents is 1. The molecule has 3 heterocycles. The highest BCUT2D eigenvalue weighted by Crippen LogP contribution is 2.46. The van der Waals surface area contributed by atoms with Crippen LogP contribution in [0.15, 0.2) is 60.9 Å². The van der Waals surface area contributed by atoms with Crippen LogP contribution >= 0.6 is 0 Å². The highest BCUT2D eigenvalue weighted by atomic mass is 16.5. The van der Waals surface area contributed by atoms with Gasteiger partial charge >= 0.3 is 0 Å². The zero-order valence-corrected chi connectivity index (χ0v) is 18.7. The molecule has 0 aliphatic carbocycles. The molecule has 2 aromatic carbocycles. The van der Waals surface area contributed by atoms with Gasteiger partial charge in [0.1, 0.15) is 22.9 Å². The van der Waals surface area contributed by atoms with Crippen molar-refractivity contribution >= 4 is 5.91 Å². The average molecular weight is 441 g/mol. The molecule has 7 nitrogen and oxygen atoms in total. The molecule has 0 bridgehead atoms. The van der Waals surface area contributed by atoms with Crippen molar-refractivity contribution in [3.8, 4) is 22.8 Å². The van der Waals surface area contributed by atoms with Gasteiger partial charge in [-0.1, -0.05) is 24.3 Å². The second-order valence-electron chi connectivity index (χ2n) is 8.31. The number of hydrogen-bond donors (Lipinski definition) is 2. The van der Waals surface area contributed by atoms with Crippen LogP contribution in [-0.2, 0) is 6.54 Å². The second kappa shape index (κ2) is 8.09. The Morgan fingerprint density at radius 3 is 2.64 bits per heavy atom. The number of phenols is 1. The maximum atomic E-state index is 13.5. The van der Waals surface area contributed by atoms with Gasteiger partial charge in [-0.3, -0.25) is 14.9 Å². The van der Waals surface area contributed by atoms with Crippen molar-refractivity contribution in [2.24, 2.45) is 0 Å². The summed E-state index contributed by atoms with van der Waals surface area (Å²) < 4.78 is 5.32. The van der Waals surface area contributed by atoms with Gasteiger partial charge in [0.05, 0.1) is 13.2 Å². The van der Waals surface area contributed by atoms with E-state index in [0.29, 0.717) is 23.5 Å². The molecule has 166 valence electrons. The Morgan fingerprint density at radius 1 is 1.15 bits per heavy atom. The number of nitrogens with one attached hydrogen (secondary N) is 1. The number of aryl methyl sites for hydroxylation is 2. The second-order valence-corrected chi connectivity index (χ2v) is 8.31. The highest BCUT2D eigenvalue weighted by Gasteiger charge is 2.42. The number of amides is 1. The molecular weight excluding hydrogens is 416 g/mol. The number of carbonyl (C=O) groups excluding carboxylic acids is 1. The first kappa shape index (κ1) is 20.8. The SMILES string of the molecule is COc1ccc(C2c3c(-c4cc(C)cc(C)c4O)n[nH]c3C(=O)N2Cc2cccnc2)cc1. The van der Waals surface area contributed by atoms with Gasteiger partial charge in [-0.15, -0.1) is 0 Å². The summed E-state index contributed by atoms with van der Waals surface area (Å²) >= 11 is 0. The fourth-order valence-electron chi connectivity index (χ4n) is 4.53. The molecule has 5 rings (SSSR count). The molecular formula is C26H24N4O3. The van der Waals surface area contributed by atoms with E-state index in [0.717, 1.165) is 33.6 Å². The zero-order valence-electron chi connectivity index (χ0n) is 18.7. The molecule has 7 heteroatoms. The Hall–Kier alpha value is -4.13. The monoisotopic (exact) mass is 440 g/mol. The molecule has 0 radical (unpaired) electrons. The predicted molar refractivity (Wildman–Crippen MR) is 124 cm³/mol. The summed E-state index contributed by atoms with van der Waals surface area (Å²) in [6.45, 7) is 4.23. The van der Waals surface area contributed by atoms with Gasteiger partial charge in [-0.05, 0) is 60.4 Å². The Labute approximate surface area is 191 Å². The lowest BCUT2D eigenvalue weighted by atomic mass is 9.94. The van der Waals surface area contributed by atoms with Gasteiger partial charge in [-0.25, -0.2) is 0 Å². The summed E-state index contributed by atoms with van der Waals surface area (Å²) in [4.78, 5) is 19.5. The van der Waals surface area contributed by atoms with E-state index in [4.69, 9.17) is 4.74 Å². The van der Waals surface area contributed by atoms with Crippen LogP contribution in [0.5, 0.6) is 11.5 Å². The normalized spacial score (nSPS) is 15.1. The van der Waals surface area contributed by atoms with Crippen molar-refractivity contribution in [1.29, 1.82) is 0 Å². The summed E-state index contributed by atoms with van der Waals surface area (Å²) in [7, 11) is 1.62. The summed E-state index contributed by atoms with van der Waals surface area (Å²) in [6.07, 6.45) is 3.48. The first-order chi connectivity index (χ1) is 16.0. The smallest absolute Gasteiger partial charge is 0.273 e. The van der Waals surface area contributed by atoms with Crippen LogP contribution in [0.1, 0.15) is 44.3 Å². The number of fused-ring (bicyclic) bond motifs is 1. The molecule has 1 aliphatic heterocycles. The van der Waals surface area contributed by atoms with Gasteiger partial charge in [0.2, 0.25) is 0 Å². The third-order valence-electron chi connectivity index (χ3n) is 6.07. The summed E-state index contributed by atoms with van der Waals surface area (Å²) in [6, 6.07) is 14.9. The molecule has 1 unspecified atom stereocenters. The fraction of sp³-hybridized carbons (Fsp3) is 0.192. The van der Waals surface area contributed by atoms with Gasteiger partial charge in [-0.2, -0.15) is 5.10 Å². The maximum Gasteiger partial charge on any atom is 0.273 e. The lowest BCUT2D eigenvalue weighted by molar-refractivity contribution is 0.0730. The minimum absolute atomic E-state index is 0.141. The van der Waals surface area contributed by atoms with E-state index < -0.39 is 0 Å². The molecule has 2 N–H and O–H groups in total. The molecule has 1 atom stereocenters. The highest BCUT2D eigenvalue weighted by molar-refractivity contribution is 6.00. The zero-order chi connectivity index (χ0) is 23.1. The number of benzene rings is 2. The van der Waals surface area contributed by atoms with Gasteiger partial charge < -0.3 is 14.7 Å². The number of methoxy groups -OCH3 is 1. The van der Waals surface area contributed by atoms with Crippen molar-refractivity contribution < 1.29 is 14.6 Å². The van der Waals surface area contributed by atoms with Crippen molar-refractivity contribution in [3.05, 3.63) is 94.4 Å². The third kappa shape index (κ3) is 3.51. The van der Waals surface area contributed by atoms with Crippen LogP contribution in [0.25, 0.3) is 11.3 Å². The predicted octanol–water partition coefficient (Wildman–Crippen LogP) is 4.55. The van der Waals surface area contributed by atoms with Crippen LogP contribution in [0.4, 0.5) is 0 Å². The number of rotatable bonds is 5. The van der Waals surface area contributed by atoms with E-state index in [1.165, 1.54) is 0 Å². The lowest BCUT2D eigenvalue weighted by Crippen LogP contribution is -2.29. The van der Waals surface area contributed by atoms with Crippen molar-refractivity contribution in [3.63, 3.8) is 0 Å². The van der Waals surface area contributed by atoms with Crippen LogP contribution in [0.3, 0.4) is 0 Å². The molecule has 1 amide bonds. The van der Waals surface area contributed by atoms with E-state index in [9.17, 15) is 9.90 Å². The van der Waals surface area contributed by atoms with Crippen LogP contribution < -0.4 is 4.74 Å². The Balaban J connectivity index is 1.68. The van der Waals surface area contributed by atoms with Gasteiger partial charge in [0.15, 0.2) is 0 Å². The van der Waals surface area contributed by atoms with Gasteiger partial charge in [0.25, 0.3) is 5.91 Å². The van der Waals surface area contributed by atoms with Crippen LogP contribution in [0, 0.1) is 13.8 Å². The average Bonchev–Trinajstić information content (AvgIpc) is 3.36. The third-order valence-corrected chi connectivity index (χ3v) is 6.07. The number of ether oxygens (including phenoxy) is 1. The maximum absolute atomic E-state index is 13.5. The van der Waals surface area contributed by atoms with E-state index in [2.05, 4.69) is 15.2 Å². The number of carbonyl (C=O) groups is 1. The Bertz CT molecular complexity index is 1330. The minimum atomic E-state index is -0.382. The molecule has 0 spiro atoms. The largest absolute Gasteiger partial charge is 0.507 e. The van der Waals surface area contributed by atoms with Crippen LogP contribution in [-0.4, -0.2) is 38.2 Å². The fourth-order valence-corrected chi connectivity index (χ4v) is 4.53. The van der Waals surface area contributed by atoms with E-state index in [1.807, 2.05) is 67.3 Å². The topological polar surface area (TPSA) is 91.3 Å². The van der Waals surface area contributed by atoms with Crippen molar-refractivity contribution in [2.45, 2.75) is 26.4 Å². The van der Waals surface area contributed by atoms with E-state index in [-0.39, 0.29) is 17.7 Å². The molecule has 33 heavy (non-hydrogen) atoms. The summed E-state index contributed by atoms with van der Waals surface area (Å²) in [5.74, 6) is 0.764. The van der Waals surface area contributed by atoms with Gasteiger partial charge in [0, 0.05) is 30.1 Å². The van der Waals surface area contributed by atoms with E-state index in [1.54, 1.807) is 19.5 Å². The van der Waals surface area contributed by atoms with Crippen molar-refractivity contribution in [1.82, 2.24) is 20.1 Å². The number of aromatic amines is 1. The molecule has 1 aliphatic rings. The molecule has 2 aromatic heterocycles. The first-order valence-electron chi connectivity index (χ1n) is 10.7. The quantitative estimate of drug-likeness (QED) is 0.475. The summed E-state index contributed by atoms with van der Waals surface area (Å²) in [5.41, 5.74) is 6.02. The number of aromatic nitrogens is 3. The summed E-state index contributed by atoms with van der Waals surface area (Å²) in [5, 5.41) is 18.3. The molecule has 0 fully saturated rings. The van der Waals surface area contributed by atoms with E-state index >= 15 is 0 Å². The number of aromatic hydroxyl groups is 1. The lowest BCUT2D eigenvalue weighted by Gasteiger charge is -2.26. The first-order valence-corrected chi connectivity index (χ1v) is 10.7. The molecule has 0 saturated carbocycles. The van der Waals surface area contributed by atoms with Crippen molar-refractivity contribution in [2.75, 3.05) is 7.11 Å². The number of H-pyrrole nitrogens is 1.